The van der Waals surface area contributed by atoms with Gasteiger partial charge in [0.25, 0.3) is 0 Å². The normalized spacial score (nSPS) is 27.6. The molecule has 148 valence electrons. The molecule has 3 N–H and O–H groups in total. The average molecular weight is 382 g/mol. The van der Waals surface area contributed by atoms with E-state index in [1.165, 1.54) is 0 Å². The lowest BCUT2D eigenvalue weighted by Crippen LogP contribution is -2.43. The average Bonchev–Trinajstić information content (AvgIpc) is 3.14. The van der Waals surface area contributed by atoms with Gasteiger partial charge in [-0.25, -0.2) is 0 Å². The van der Waals surface area contributed by atoms with Crippen molar-refractivity contribution >= 4 is 11.8 Å². The van der Waals surface area contributed by atoms with E-state index in [1.54, 1.807) is 6.92 Å². The zero-order chi connectivity index (χ0) is 19.7. The summed E-state index contributed by atoms with van der Waals surface area (Å²) in [5.74, 6) is -0.0136. The summed E-state index contributed by atoms with van der Waals surface area (Å²) in [6.45, 7) is 3.53. The molecule has 0 aromatic heterocycles. The highest BCUT2D eigenvalue weighted by Crippen LogP contribution is 2.49. The molecule has 6 nitrogen and oxygen atoms in total. The van der Waals surface area contributed by atoms with E-state index in [9.17, 15) is 9.59 Å². The largest absolute Gasteiger partial charge is 0.495 e. The van der Waals surface area contributed by atoms with Crippen molar-refractivity contribution in [3.8, 4) is 0 Å². The first-order valence-corrected chi connectivity index (χ1v) is 9.80. The molecule has 1 fully saturated rings. The second kappa shape index (κ2) is 7.43. The van der Waals surface area contributed by atoms with Gasteiger partial charge in [-0.3, -0.25) is 9.59 Å². The zero-order valence-corrected chi connectivity index (χ0v) is 16.1. The predicted octanol–water partition coefficient (Wildman–Crippen LogP) is 2.17. The minimum Gasteiger partial charge on any atom is -0.495 e. The smallest absolute Gasteiger partial charge is 0.247 e. The maximum atomic E-state index is 13.0. The molecule has 1 aliphatic carbocycles. The van der Waals surface area contributed by atoms with Gasteiger partial charge in [0.05, 0.1) is 6.61 Å². The third-order valence-electron chi connectivity index (χ3n) is 6.00. The number of nitrogens with one attached hydrogen (secondary N) is 1. The minimum absolute atomic E-state index is 0.0129. The maximum Gasteiger partial charge on any atom is 0.247 e. The Morgan fingerprint density at radius 1 is 1.18 bits per heavy atom. The van der Waals surface area contributed by atoms with Crippen LogP contribution < -0.4 is 11.1 Å². The first-order chi connectivity index (χ1) is 13.5. The van der Waals surface area contributed by atoms with Crippen LogP contribution in [0.5, 0.6) is 0 Å². The van der Waals surface area contributed by atoms with Gasteiger partial charge in [-0.1, -0.05) is 30.3 Å². The molecule has 0 bridgehead atoms. The van der Waals surface area contributed by atoms with Crippen LogP contribution in [-0.4, -0.2) is 37.7 Å². The summed E-state index contributed by atoms with van der Waals surface area (Å²) in [6, 6.07) is 10.1. The molecular weight excluding hydrogens is 356 g/mol. The summed E-state index contributed by atoms with van der Waals surface area (Å²) in [6.07, 6.45) is 3.75. The summed E-state index contributed by atoms with van der Waals surface area (Å²) in [4.78, 5) is 25.3. The quantitative estimate of drug-likeness (QED) is 0.835. The van der Waals surface area contributed by atoms with Crippen LogP contribution >= 0.6 is 0 Å². The van der Waals surface area contributed by atoms with Gasteiger partial charge in [0, 0.05) is 36.3 Å². The summed E-state index contributed by atoms with van der Waals surface area (Å²) < 4.78 is 11.3. The standard InChI is InChI=1S/C22H26N2O4/c1-22(21(23)26)12-15(20(25)24-16-7-9-27-10-8-16)11-17-18(13-28-19(17)22)14-5-3-2-4-6-14/h2-6,11,16,18H,7-10,12-13H2,1H3,(H2,23,26)(H,24,25). The Labute approximate surface area is 164 Å². The van der Waals surface area contributed by atoms with E-state index < -0.39 is 11.3 Å². The number of hydrogen-bond acceptors (Lipinski definition) is 4. The van der Waals surface area contributed by atoms with E-state index in [0.717, 1.165) is 24.0 Å². The van der Waals surface area contributed by atoms with Gasteiger partial charge >= 0.3 is 0 Å². The molecule has 0 saturated carbocycles. The number of primary amides is 1. The second-order valence-corrected chi connectivity index (χ2v) is 7.96. The molecule has 2 amide bonds. The molecule has 6 heteroatoms. The van der Waals surface area contributed by atoms with Gasteiger partial charge < -0.3 is 20.5 Å². The van der Waals surface area contributed by atoms with E-state index in [0.29, 0.717) is 31.2 Å². The Morgan fingerprint density at radius 3 is 2.57 bits per heavy atom. The fourth-order valence-electron chi connectivity index (χ4n) is 4.27. The minimum atomic E-state index is -1.02. The zero-order valence-electron chi connectivity index (χ0n) is 16.1. The Morgan fingerprint density at radius 2 is 1.89 bits per heavy atom. The summed E-state index contributed by atoms with van der Waals surface area (Å²) in [5.41, 5.74) is 7.31. The van der Waals surface area contributed by atoms with Crippen LogP contribution in [0.15, 0.2) is 53.3 Å². The number of benzene rings is 1. The van der Waals surface area contributed by atoms with Gasteiger partial charge in [0.15, 0.2) is 0 Å². The Balaban J connectivity index is 1.66. The lowest BCUT2D eigenvalue weighted by Gasteiger charge is -2.32. The van der Waals surface area contributed by atoms with Gasteiger partial charge in [-0.2, -0.15) is 0 Å². The van der Waals surface area contributed by atoms with E-state index in [-0.39, 0.29) is 24.3 Å². The molecule has 2 unspecified atom stereocenters. The van der Waals surface area contributed by atoms with Crippen LogP contribution in [0.1, 0.15) is 37.7 Å². The van der Waals surface area contributed by atoms with Crippen molar-refractivity contribution in [1.29, 1.82) is 0 Å². The lowest BCUT2D eigenvalue weighted by atomic mass is 9.73. The van der Waals surface area contributed by atoms with E-state index in [4.69, 9.17) is 15.2 Å². The van der Waals surface area contributed by atoms with Crippen molar-refractivity contribution in [2.45, 2.75) is 38.1 Å². The number of nitrogens with two attached hydrogens (primary N) is 1. The Bertz CT molecular complexity index is 839. The van der Waals surface area contributed by atoms with Gasteiger partial charge in [0.1, 0.15) is 11.2 Å². The Kier molecular flexibility index (Phi) is 4.98. The van der Waals surface area contributed by atoms with Gasteiger partial charge in [-0.05, 0) is 37.8 Å². The summed E-state index contributed by atoms with van der Waals surface area (Å²) in [5, 5.41) is 3.10. The molecule has 28 heavy (non-hydrogen) atoms. The highest BCUT2D eigenvalue weighted by molar-refractivity contribution is 5.97. The second-order valence-electron chi connectivity index (χ2n) is 7.96. The van der Waals surface area contributed by atoms with Crippen molar-refractivity contribution in [2.75, 3.05) is 19.8 Å². The predicted molar refractivity (Wildman–Crippen MR) is 104 cm³/mol. The molecule has 4 rings (SSSR count). The van der Waals surface area contributed by atoms with Crippen molar-refractivity contribution in [2.24, 2.45) is 11.1 Å². The van der Waals surface area contributed by atoms with Crippen LogP contribution in [0.2, 0.25) is 0 Å². The topological polar surface area (TPSA) is 90.7 Å². The summed E-state index contributed by atoms with van der Waals surface area (Å²) >= 11 is 0. The van der Waals surface area contributed by atoms with E-state index in [2.05, 4.69) is 5.32 Å². The van der Waals surface area contributed by atoms with Crippen molar-refractivity contribution in [3.63, 3.8) is 0 Å². The first-order valence-electron chi connectivity index (χ1n) is 9.80. The monoisotopic (exact) mass is 382 g/mol. The third kappa shape index (κ3) is 3.33. The van der Waals surface area contributed by atoms with Gasteiger partial charge in [-0.15, -0.1) is 0 Å². The fraction of sp³-hybridized carbons (Fsp3) is 0.455. The van der Waals surface area contributed by atoms with Crippen molar-refractivity contribution < 1.29 is 19.1 Å². The fourth-order valence-corrected chi connectivity index (χ4v) is 4.27. The SMILES string of the molecule is CC1(C(N)=O)CC(C(=O)NC2CCOCC2)=CC2=C1OCC2c1ccccc1. The highest BCUT2D eigenvalue weighted by atomic mass is 16.5. The Hall–Kier alpha value is -2.60. The molecule has 2 heterocycles. The number of carbonyl (C=O) groups excluding carboxylic acids is 2. The number of rotatable bonds is 4. The summed E-state index contributed by atoms with van der Waals surface area (Å²) in [7, 11) is 0. The van der Waals surface area contributed by atoms with Crippen molar-refractivity contribution in [1.82, 2.24) is 5.32 Å². The number of ether oxygens (including phenoxy) is 2. The molecule has 2 aliphatic heterocycles. The van der Waals surface area contributed by atoms with Crippen molar-refractivity contribution in [3.05, 3.63) is 58.9 Å². The first kappa shape index (κ1) is 18.7. The number of amides is 2. The maximum absolute atomic E-state index is 13.0. The third-order valence-corrected chi connectivity index (χ3v) is 6.00. The lowest BCUT2D eigenvalue weighted by molar-refractivity contribution is -0.127. The molecular formula is C22H26N2O4. The van der Waals surface area contributed by atoms with E-state index in [1.807, 2.05) is 36.4 Å². The van der Waals surface area contributed by atoms with Crippen LogP contribution in [0.25, 0.3) is 0 Å². The molecule has 1 saturated heterocycles. The highest BCUT2D eigenvalue weighted by Gasteiger charge is 2.47. The number of carbonyl (C=O) groups is 2. The van der Waals surface area contributed by atoms with Crippen LogP contribution in [0, 0.1) is 5.41 Å². The molecule has 2 atom stereocenters. The van der Waals surface area contributed by atoms with Gasteiger partial charge in [0.2, 0.25) is 11.8 Å². The molecule has 1 aromatic rings. The van der Waals surface area contributed by atoms with Crippen LogP contribution in [0.4, 0.5) is 0 Å². The number of allylic oxidation sites excluding steroid dienone is 1. The van der Waals surface area contributed by atoms with E-state index >= 15 is 0 Å². The molecule has 0 spiro atoms. The molecule has 0 radical (unpaired) electrons. The molecule has 3 aliphatic rings. The number of hydrogen-bond donors (Lipinski definition) is 2. The van der Waals surface area contributed by atoms with Crippen LogP contribution in [0.3, 0.4) is 0 Å². The van der Waals surface area contributed by atoms with Crippen LogP contribution in [-0.2, 0) is 19.1 Å². The molecule has 1 aromatic carbocycles.